The molecule has 0 amide bonds. The highest BCUT2D eigenvalue weighted by Crippen LogP contribution is 2.27. The van der Waals surface area contributed by atoms with Gasteiger partial charge in [0, 0.05) is 45.3 Å². The zero-order valence-electron chi connectivity index (χ0n) is 9.99. The number of hydrogen-bond acceptors (Lipinski definition) is 3. The normalized spacial score (nSPS) is 30.4. The summed E-state index contributed by atoms with van der Waals surface area (Å²) >= 11 is 0. The van der Waals surface area contributed by atoms with E-state index in [-0.39, 0.29) is 0 Å². The second-order valence-corrected chi connectivity index (χ2v) is 5.23. The van der Waals surface area contributed by atoms with Crippen molar-refractivity contribution in [3.05, 3.63) is 0 Å². The lowest BCUT2D eigenvalue weighted by atomic mass is 9.85. The minimum absolute atomic E-state index is 0.697. The van der Waals surface area contributed by atoms with Gasteiger partial charge >= 0.3 is 0 Å². The Morgan fingerprint density at radius 3 is 2.60 bits per heavy atom. The lowest BCUT2D eigenvalue weighted by Crippen LogP contribution is -2.54. The Hall–Kier alpha value is -0.120. The molecule has 0 aromatic heterocycles. The van der Waals surface area contributed by atoms with E-state index in [1.165, 1.54) is 45.4 Å². The van der Waals surface area contributed by atoms with Crippen molar-refractivity contribution in [1.29, 1.82) is 0 Å². The average molecular weight is 211 g/mol. The number of hydrogen-bond donors (Lipinski definition) is 1. The maximum absolute atomic E-state index is 5.61. The van der Waals surface area contributed by atoms with Gasteiger partial charge in [0.25, 0.3) is 0 Å². The van der Waals surface area contributed by atoms with Crippen LogP contribution in [0, 0.1) is 5.92 Å². The molecule has 1 saturated carbocycles. The monoisotopic (exact) mass is 211 g/mol. The largest absolute Gasteiger partial charge is 0.329 e. The van der Waals surface area contributed by atoms with Crippen LogP contribution in [0.15, 0.2) is 0 Å². The Bertz CT molecular complexity index is 191. The molecule has 0 spiro atoms. The van der Waals surface area contributed by atoms with Crippen molar-refractivity contribution >= 4 is 0 Å². The molecule has 1 aliphatic heterocycles. The van der Waals surface area contributed by atoms with E-state index in [9.17, 15) is 0 Å². The van der Waals surface area contributed by atoms with Gasteiger partial charge in [-0.05, 0) is 25.7 Å². The van der Waals surface area contributed by atoms with Crippen molar-refractivity contribution in [2.24, 2.45) is 11.7 Å². The topological polar surface area (TPSA) is 32.5 Å². The van der Waals surface area contributed by atoms with Gasteiger partial charge in [-0.2, -0.15) is 0 Å². The SMILES string of the molecule is CC1CN(CC2CCC2)CCN1CCN. The molecule has 2 N–H and O–H groups in total. The van der Waals surface area contributed by atoms with Crippen LogP contribution in [0.3, 0.4) is 0 Å². The summed E-state index contributed by atoms with van der Waals surface area (Å²) in [6.07, 6.45) is 4.40. The molecule has 0 aromatic rings. The standard InChI is InChI=1S/C12H25N3/c1-11-9-14(10-12-3-2-4-12)7-8-15(11)6-5-13/h11-12H,2-10,13H2,1H3. The first-order chi connectivity index (χ1) is 7.29. The molecule has 1 aliphatic carbocycles. The van der Waals surface area contributed by atoms with Crippen molar-refractivity contribution in [2.45, 2.75) is 32.2 Å². The van der Waals surface area contributed by atoms with Crippen molar-refractivity contribution in [3.8, 4) is 0 Å². The Morgan fingerprint density at radius 2 is 2.07 bits per heavy atom. The summed E-state index contributed by atoms with van der Waals surface area (Å²) in [7, 11) is 0. The van der Waals surface area contributed by atoms with Crippen LogP contribution in [0.5, 0.6) is 0 Å². The number of rotatable bonds is 4. The molecular weight excluding hydrogens is 186 g/mol. The fourth-order valence-electron chi connectivity index (χ4n) is 2.78. The van der Waals surface area contributed by atoms with E-state index in [0.717, 1.165) is 19.0 Å². The molecule has 0 radical (unpaired) electrons. The molecule has 3 nitrogen and oxygen atoms in total. The predicted molar refractivity (Wildman–Crippen MR) is 63.9 cm³/mol. The summed E-state index contributed by atoms with van der Waals surface area (Å²) in [6.45, 7) is 9.26. The zero-order valence-corrected chi connectivity index (χ0v) is 9.99. The summed E-state index contributed by atoms with van der Waals surface area (Å²) in [5.74, 6) is 1.01. The fraction of sp³-hybridized carbons (Fsp3) is 1.00. The van der Waals surface area contributed by atoms with Crippen LogP contribution in [-0.2, 0) is 0 Å². The zero-order chi connectivity index (χ0) is 10.7. The first-order valence-electron chi connectivity index (χ1n) is 6.46. The lowest BCUT2D eigenvalue weighted by molar-refractivity contribution is 0.0644. The van der Waals surface area contributed by atoms with Crippen LogP contribution >= 0.6 is 0 Å². The smallest absolute Gasteiger partial charge is 0.0195 e. The van der Waals surface area contributed by atoms with Crippen LogP contribution in [-0.4, -0.2) is 55.1 Å². The van der Waals surface area contributed by atoms with Gasteiger partial charge < -0.3 is 10.6 Å². The quantitative estimate of drug-likeness (QED) is 0.745. The Morgan fingerprint density at radius 1 is 1.27 bits per heavy atom. The predicted octanol–water partition coefficient (Wildman–Crippen LogP) is 0.751. The molecule has 1 atom stereocenters. The molecule has 1 unspecified atom stereocenters. The number of piperazine rings is 1. The first-order valence-corrected chi connectivity index (χ1v) is 6.46. The highest BCUT2D eigenvalue weighted by atomic mass is 15.3. The third-order valence-electron chi connectivity index (χ3n) is 4.01. The van der Waals surface area contributed by atoms with E-state index in [1.54, 1.807) is 0 Å². The van der Waals surface area contributed by atoms with E-state index in [2.05, 4.69) is 16.7 Å². The number of nitrogens with two attached hydrogens (primary N) is 1. The van der Waals surface area contributed by atoms with Crippen LogP contribution in [0.4, 0.5) is 0 Å². The van der Waals surface area contributed by atoms with Crippen LogP contribution < -0.4 is 5.73 Å². The Labute approximate surface area is 93.6 Å². The van der Waals surface area contributed by atoms with Gasteiger partial charge in [-0.25, -0.2) is 0 Å². The van der Waals surface area contributed by atoms with E-state index >= 15 is 0 Å². The van der Waals surface area contributed by atoms with E-state index in [4.69, 9.17) is 5.73 Å². The van der Waals surface area contributed by atoms with Gasteiger partial charge in [0.2, 0.25) is 0 Å². The van der Waals surface area contributed by atoms with Crippen LogP contribution in [0.2, 0.25) is 0 Å². The maximum Gasteiger partial charge on any atom is 0.0195 e. The molecule has 1 heterocycles. The minimum atomic E-state index is 0.697. The summed E-state index contributed by atoms with van der Waals surface area (Å²) in [5, 5.41) is 0. The third kappa shape index (κ3) is 2.92. The minimum Gasteiger partial charge on any atom is -0.329 e. The van der Waals surface area contributed by atoms with Gasteiger partial charge in [-0.15, -0.1) is 0 Å². The highest BCUT2D eigenvalue weighted by molar-refractivity contribution is 4.82. The van der Waals surface area contributed by atoms with Gasteiger partial charge in [-0.1, -0.05) is 6.42 Å². The van der Waals surface area contributed by atoms with Crippen LogP contribution in [0.1, 0.15) is 26.2 Å². The van der Waals surface area contributed by atoms with E-state index in [1.807, 2.05) is 0 Å². The van der Waals surface area contributed by atoms with Crippen molar-refractivity contribution in [1.82, 2.24) is 9.80 Å². The molecular formula is C12H25N3. The van der Waals surface area contributed by atoms with E-state index < -0.39 is 0 Å². The van der Waals surface area contributed by atoms with Gasteiger partial charge in [-0.3, -0.25) is 4.90 Å². The summed E-state index contributed by atoms with van der Waals surface area (Å²) < 4.78 is 0. The van der Waals surface area contributed by atoms with Crippen molar-refractivity contribution < 1.29 is 0 Å². The Kier molecular flexibility index (Phi) is 4.00. The fourth-order valence-corrected chi connectivity index (χ4v) is 2.78. The Balaban J connectivity index is 1.72. The van der Waals surface area contributed by atoms with E-state index in [0.29, 0.717) is 6.04 Å². The van der Waals surface area contributed by atoms with Gasteiger partial charge in [0.05, 0.1) is 0 Å². The molecule has 1 saturated heterocycles. The molecule has 0 bridgehead atoms. The molecule has 0 aromatic carbocycles. The van der Waals surface area contributed by atoms with Gasteiger partial charge in [0.15, 0.2) is 0 Å². The molecule has 15 heavy (non-hydrogen) atoms. The third-order valence-corrected chi connectivity index (χ3v) is 4.01. The molecule has 3 heteroatoms. The summed E-state index contributed by atoms with van der Waals surface area (Å²) in [5.41, 5.74) is 5.61. The molecule has 2 rings (SSSR count). The summed E-state index contributed by atoms with van der Waals surface area (Å²) in [4.78, 5) is 5.18. The van der Waals surface area contributed by atoms with Crippen molar-refractivity contribution in [2.75, 3.05) is 39.3 Å². The lowest BCUT2D eigenvalue weighted by Gasteiger charge is -2.42. The molecule has 88 valence electrons. The highest BCUT2D eigenvalue weighted by Gasteiger charge is 2.26. The molecule has 2 fully saturated rings. The van der Waals surface area contributed by atoms with Crippen molar-refractivity contribution in [3.63, 3.8) is 0 Å². The summed E-state index contributed by atoms with van der Waals surface area (Å²) in [6, 6.07) is 0.697. The maximum atomic E-state index is 5.61. The molecule has 2 aliphatic rings. The number of nitrogens with zero attached hydrogens (tertiary/aromatic N) is 2. The first kappa shape index (κ1) is 11.4. The average Bonchev–Trinajstić information content (AvgIpc) is 2.16. The van der Waals surface area contributed by atoms with Gasteiger partial charge in [0.1, 0.15) is 0 Å². The second kappa shape index (κ2) is 5.28. The van der Waals surface area contributed by atoms with Crippen LogP contribution in [0.25, 0.3) is 0 Å². The second-order valence-electron chi connectivity index (χ2n) is 5.23.